The molecule has 0 radical (unpaired) electrons. The third-order valence-electron chi connectivity index (χ3n) is 2.77. The summed E-state index contributed by atoms with van der Waals surface area (Å²) in [5, 5.41) is 3.45. The van der Waals surface area contributed by atoms with E-state index in [1.165, 1.54) is 17.7 Å². The molecule has 0 aliphatic carbocycles. The lowest BCUT2D eigenvalue weighted by atomic mass is 10.2. The van der Waals surface area contributed by atoms with Gasteiger partial charge in [-0.25, -0.2) is 4.98 Å². The first-order valence-corrected chi connectivity index (χ1v) is 7.92. The van der Waals surface area contributed by atoms with Gasteiger partial charge in [-0.2, -0.15) is 11.8 Å². The smallest absolute Gasteiger partial charge is 0.132 e. The van der Waals surface area contributed by atoms with Gasteiger partial charge >= 0.3 is 0 Å². The SMILES string of the molecule is CSCCCN(C)c1ncccc1CNC(C)C. The van der Waals surface area contributed by atoms with Crippen LogP contribution in [-0.4, -0.2) is 36.6 Å². The highest BCUT2D eigenvalue weighted by atomic mass is 32.2. The molecule has 102 valence electrons. The van der Waals surface area contributed by atoms with E-state index < -0.39 is 0 Å². The van der Waals surface area contributed by atoms with Gasteiger partial charge in [-0.3, -0.25) is 0 Å². The van der Waals surface area contributed by atoms with E-state index in [1.54, 1.807) is 0 Å². The van der Waals surface area contributed by atoms with Crippen LogP contribution in [0, 0.1) is 0 Å². The summed E-state index contributed by atoms with van der Waals surface area (Å²) < 4.78 is 0. The van der Waals surface area contributed by atoms with Crippen molar-refractivity contribution in [1.29, 1.82) is 0 Å². The number of anilines is 1. The number of rotatable bonds is 8. The molecule has 0 aromatic carbocycles. The molecule has 0 fully saturated rings. The van der Waals surface area contributed by atoms with E-state index in [0.717, 1.165) is 18.9 Å². The lowest BCUT2D eigenvalue weighted by Gasteiger charge is -2.21. The van der Waals surface area contributed by atoms with Crippen molar-refractivity contribution in [2.24, 2.45) is 0 Å². The van der Waals surface area contributed by atoms with Crippen molar-refractivity contribution in [2.45, 2.75) is 32.9 Å². The Bertz CT molecular complexity index is 342. The van der Waals surface area contributed by atoms with Crippen molar-refractivity contribution in [3.8, 4) is 0 Å². The Kier molecular flexibility index (Phi) is 7.13. The third-order valence-corrected chi connectivity index (χ3v) is 3.47. The topological polar surface area (TPSA) is 28.2 Å². The van der Waals surface area contributed by atoms with E-state index in [4.69, 9.17) is 0 Å². The van der Waals surface area contributed by atoms with Crippen LogP contribution in [0.2, 0.25) is 0 Å². The number of aromatic nitrogens is 1. The second-order valence-corrected chi connectivity index (χ2v) is 5.78. The summed E-state index contributed by atoms with van der Waals surface area (Å²) in [5.74, 6) is 2.31. The van der Waals surface area contributed by atoms with Crippen molar-refractivity contribution in [3.05, 3.63) is 23.9 Å². The van der Waals surface area contributed by atoms with Gasteiger partial charge in [-0.1, -0.05) is 19.9 Å². The molecule has 1 rings (SSSR count). The molecule has 18 heavy (non-hydrogen) atoms. The fourth-order valence-corrected chi connectivity index (χ4v) is 2.20. The number of hydrogen-bond acceptors (Lipinski definition) is 4. The molecule has 1 aromatic rings. The summed E-state index contributed by atoms with van der Waals surface area (Å²) in [6.45, 7) is 6.27. The molecule has 0 saturated heterocycles. The molecule has 0 saturated carbocycles. The largest absolute Gasteiger partial charge is 0.359 e. The molecule has 0 atom stereocenters. The first-order valence-electron chi connectivity index (χ1n) is 6.52. The minimum atomic E-state index is 0.500. The highest BCUT2D eigenvalue weighted by molar-refractivity contribution is 7.98. The van der Waals surface area contributed by atoms with Crippen LogP contribution < -0.4 is 10.2 Å². The Hall–Kier alpha value is -0.740. The molecule has 0 aliphatic heterocycles. The normalized spacial score (nSPS) is 10.9. The average molecular weight is 267 g/mol. The lowest BCUT2D eigenvalue weighted by Crippen LogP contribution is -2.26. The minimum absolute atomic E-state index is 0.500. The van der Waals surface area contributed by atoms with Gasteiger partial charge in [0.2, 0.25) is 0 Å². The number of nitrogens with zero attached hydrogens (tertiary/aromatic N) is 2. The number of hydrogen-bond donors (Lipinski definition) is 1. The van der Waals surface area contributed by atoms with E-state index >= 15 is 0 Å². The highest BCUT2D eigenvalue weighted by Crippen LogP contribution is 2.16. The quantitative estimate of drug-likeness (QED) is 0.733. The van der Waals surface area contributed by atoms with Gasteiger partial charge in [0.1, 0.15) is 5.82 Å². The Labute approximate surface area is 115 Å². The Morgan fingerprint density at radius 1 is 1.44 bits per heavy atom. The predicted octanol–water partition coefficient (Wildman–Crippen LogP) is 2.77. The molecule has 3 nitrogen and oxygen atoms in total. The summed E-state index contributed by atoms with van der Waals surface area (Å²) in [6.07, 6.45) is 5.23. The van der Waals surface area contributed by atoms with Crippen molar-refractivity contribution in [3.63, 3.8) is 0 Å². The summed E-state index contributed by atoms with van der Waals surface area (Å²) in [6, 6.07) is 4.67. The first-order chi connectivity index (χ1) is 8.65. The average Bonchev–Trinajstić information content (AvgIpc) is 2.37. The zero-order chi connectivity index (χ0) is 13.4. The molecule has 1 heterocycles. The molecule has 0 aliphatic rings. The zero-order valence-electron chi connectivity index (χ0n) is 11.9. The van der Waals surface area contributed by atoms with Crippen LogP contribution in [0.3, 0.4) is 0 Å². The van der Waals surface area contributed by atoms with Crippen LogP contribution in [-0.2, 0) is 6.54 Å². The summed E-state index contributed by atoms with van der Waals surface area (Å²) in [4.78, 5) is 6.77. The predicted molar refractivity (Wildman–Crippen MR) is 82.5 cm³/mol. The van der Waals surface area contributed by atoms with Crippen LogP contribution in [0.1, 0.15) is 25.8 Å². The monoisotopic (exact) mass is 267 g/mol. The fraction of sp³-hybridized carbons (Fsp3) is 0.643. The molecule has 1 aromatic heterocycles. The summed E-state index contributed by atoms with van der Waals surface area (Å²) in [5.41, 5.74) is 1.28. The maximum atomic E-state index is 4.51. The van der Waals surface area contributed by atoms with E-state index in [-0.39, 0.29) is 0 Å². The van der Waals surface area contributed by atoms with Crippen LogP contribution >= 0.6 is 11.8 Å². The van der Waals surface area contributed by atoms with Crippen LogP contribution in [0.15, 0.2) is 18.3 Å². The highest BCUT2D eigenvalue weighted by Gasteiger charge is 2.08. The van der Waals surface area contributed by atoms with Crippen LogP contribution in [0.5, 0.6) is 0 Å². The zero-order valence-corrected chi connectivity index (χ0v) is 12.8. The number of pyridine rings is 1. The van der Waals surface area contributed by atoms with E-state index in [0.29, 0.717) is 6.04 Å². The second-order valence-electron chi connectivity index (χ2n) is 4.79. The van der Waals surface area contributed by atoms with Gasteiger partial charge in [-0.15, -0.1) is 0 Å². The van der Waals surface area contributed by atoms with E-state index in [1.807, 2.05) is 24.0 Å². The van der Waals surface area contributed by atoms with Gasteiger partial charge in [0.05, 0.1) is 0 Å². The van der Waals surface area contributed by atoms with Crippen LogP contribution in [0.4, 0.5) is 5.82 Å². The molecular weight excluding hydrogens is 242 g/mol. The van der Waals surface area contributed by atoms with Crippen LogP contribution in [0.25, 0.3) is 0 Å². The number of thioether (sulfide) groups is 1. The molecule has 0 bridgehead atoms. The summed E-state index contributed by atoms with van der Waals surface area (Å²) >= 11 is 1.90. The molecule has 4 heteroatoms. The Balaban J connectivity index is 2.62. The summed E-state index contributed by atoms with van der Waals surface area (Å²) in [7, 11) is 2.13. The van der Waals surface area contributed by atoms with Crippen molar-refractivity contribution in [2.75, 3.05) is 30.5 Å². The lowest BCUT2D eigenvalue weighted by molar-refractivity contribution is 0.587. The molecule has 0 unspecified atom stereocenters. The second kappa shape index (κ2) is 8.38. The number of nitrogens with one attached hydrogen (secondary N) is 1. The fourth-order valence-electron chi connectivity index (χ4n) is 1.78. The molecule has 0 spiro atoms. The Morgan fingerprint density at radius 3 is 2.89 bits per heavy atom. The van der Waals surface area contributed by atoms with Gasteiger partial charge in [0, 0.05) is 37.9 Å². The van der Waals surface area contributed by atoms with Gasteiger partial charge in [0.15, 0.2) is 0 Å². The minimum Gasteiger partial charge on any atom is -0.359 e. The maximum Gasteiger partial charge on any atom is 0.132 e. The molecule has 1 N–H and O–H groups in total. The van der Waals surface area contributed by atoms with Gasteiger partial charge in [0.25, 0.3) is 0 Å². The third kappa shape index (κ3) is 5.27. The van der Waals surface area contributed by atoms with Crippen molar-refractivity contribution in [1.82, 2.24) is 10.3 Å². The van der Waals surface area contributed by atoms with E-state index in [9.17, 15) is 0 Å². The standard InChI is InChI=1S/C14H25N3S/c1-12(2)16-11-13-7-5-8-15-14(13)17(3)9-6-10-18-4/h5,7-8,12,16H,6,9-11H2,1-4H3. The molecule has 0 amide bonds. The maximum absolute atomic E-state index is 4.51. The first kappa shape index (κ1) is 15.3. The van der Waals surface area contributed by atoms with Gasteiger partial charge in [-0.05, 0) is 24.5 Å². The van der Waals surface area contributed by atoms with Crippen molar-refractivity contribution < 1.29 is 0 Å². The van der Waals surface area contributed by atoms with E-state index in [2.05, 4.69) is 48.4 Å². The van der Waals surface area contributed by atoms with Gasteiger partial charge < -0.3 is 10.2 Å². The molecular formula is C14H25N3S. The Morgan fingerprint density at radius 2 is 2.22 bits per heavy atom. The van der Waals surface area contributed by atoms with Crippen molar-refractivity contribution >= 4 is 17.6 Å².